The van der Waals surface area contributed by atoms with Gasteiger partial charge in [-0.2, -0.15) is 0 Å². The maximum atomic E-state index is 12.3. The van der Waals surface area contributed by atoms with Crippen molar-refractivity contribution in [2.24, 2.45) is 0 Å². The summed E-state index contributed by atoms with van der Waals surface area (Å²) in [6, 6.07) is 4.67. The summed E-state index contributed by atoms with van der Waals surface area (Å²) in [6.45, 7) is 0. The summed E-state index contributed by atoms with van der Waals surface area (Å²) < 4.78 is 24.7. The van der Waals surface area contributed by atoms with Crippen molar-refractivity contribution in [3.05, 3.63) is 29.3 Å². The van der Waals surface area contributed by atoms with Crippen molar-refractivity contribution >= 4 is 23.2 Å². The minimum Gasteiger partial charge on any atom is -0.326 e. The molecular formula is C10H8ClF2NO. The van der Waals surface area contributed by atoms with E-state index in [9.17, 15) is 13.6 Å². The highest BCUT2D eigenvalue weighted by atomic mass is 35.5. The summed E-state index contributed by atoms with van der Waals surface area (Å²) in [5.41, 5.74) is 1.76. The minimum absolute atomic E-state index is 0.120. The molecule has 1 aliphatic heterocycles. The average molecular weight is 232 g/mol. The SMILES string of the molecule is O=C1Cc2cc(C(Cl)C(F)F)ccc2N1. The van der Waals surface area contributed by atoms with Crippen LogP contribution >= 0.6 is 11.6 Å². The van der Waals surface area contributed by atoms with Crippen LogP contribution in [0.2, 0.25) is 0 Å². The standard InChI is InChI=1S/C10H8ClF2NO/c11-9(10(12)13)5-1-2-7-6(3-5)4-8(15)14-7/h1-3,9-10H,4H2,(H,14,15). The Morgan fingerprint density at radius 3 is 2.80 bits per heavy atom. The molecule has 0 aromatic heterocycles. The monoisotopic (exact) mass is 231 g/mol. The van der Waals surface area contributed by atoms with Gasteiger partial charge in [0.2, 0.25) is 5.91 Å². The largest absolute Gasteiger partial charge is 0.326 e. The number of hydrogen-bond acceptors (Lipinski definition) is 1. The summed E-state index contributed by atoms with van der Waals surface area (Å²) in [4.78, 5) is 11.0. The van der Waals surface area contributed by atoms with Gasteiger partial charge >= 0.3 is 0 Å². The molecule has 1 aromatic rings. The van der Waals surface area contributed by atoms with Gasteiger partial charge in [0.25, 0.3) is 6.43 Å². The zero-order valence-electron chi connectivity index (χ0n) is 7.64. The van der Waals surface area contributed by atoms with Crippen molar-refractivity contribution in [3.63, 3.8) is 0 Å². The van der Waals surface area contributed by atoms with Crippen molar-refractivity contribution in [2.75, 3.05) is 5.32 Å². The highest BCUT2D eigenvalue weighted by Gasteiger charge is 2.23. The van der Waals surface area contributed by atoms with Gasteiger partial charge in [-0.3, -0.25) is 4.79 Å². The van der Waals surface area contributed by atoms with Gasteiger partial charge in [-0.1, -0.05) is 12.1 Å². The lowest BCUT2D eigenvalue weighted by Gasteiger charge is -2.09. The van der Waals surface area contributed by atoms with Gasteiger partial charge in [0.1, 0.15) is 5.38 Å². The fraction of sp³-hybridized carbons (Fsp3) is 0.300. The molecule has 1 amide bonds. The van der Waals surface area contributed by atoms with Crippen LogP contribution in [0, 0.1) is 0 Å². The lowest BCUT2D eigenvalue weighted by molar-refractivity contribution is -0.115. The van der Waals surface area contributed by atoms with E-state index in [0.717, 1.165) is 5.56 Å². The Balaban J connectivity index is 2.31. The van der Waals surface area contributed by atoms with E-state index < -0.39 is 11.8 Å². The third kappa shape index (κ3) is 1.95. The number of anilines is 1. The normalized spacial score (nSPS) is 16.4. The van der Waals surface area contributed by atoms with Crippen LogP contribution in [0.25, 0.3) is 0 Å². The van der Waals surface area contributed by atoms with E-state index in [2.05, 4.69) is 5.32 Å². The fourth-order valence-corrected chi connectivity index (χ4v) is 1.70. The predicted octanol–water partition coefficient (Wildman–Crippen LogP) is 2.73. The molecule has 1 heterocycles. The van der Waals surface area contributed by atoms with E-state index in [4.69, 9.17) is 11.6 Å². The average Bonchev–Trinajstić information content (AvgIpc) is 2.55. The summed E-state index contributed by atoms with van der Waals surface area (Å²) >= 11 is 5.52. The molecule has 0 radical (unpaired) electrons. The first kappa shape index (κ1) is 10.4. The Hall–Kier alpha value is -1.16. The molecule has 0 spiro atoms. The van der Waals surface area contributed by atoms with E-state index in [0.29, 0.717) is 11.3 Å². The first-order valence-electron chi connectivity index (χ1n) is 4.43. The summed E-state index contributed by atoms with van der Waals surface area (Å²) in [6.07, 6.45) is -2.37. The van der Waals surface area contributed by atoms with E-state index in [1.54, 1.807) is 12.1 Å². The van der Waals surface area contributed by atoms with Crippen LogP contribution in [0.3, 0.4) is 0 Å². The number of hydrogen-bond donors (Lipinski definition) is 1. The maximum Gasteiger partial charge on any atom is 0.258 e. The van der Waals surface area contributed by atoms with Gasteiger partial charge < -0.3 is 5.32 Å². The summed E-state index contributed by atoms with van der Waals surface area (Å²) in [5, 5.41) is 1.31. The summed E-state index contributed by atoms with van der Waals surface area (Å²) in [5.74, 6) is -0.120. The zero-order valence-corrected chi connectivity index (χ0v) is 8.39. The van der Waals surface area contributed by atoms with E-state index in [-0.39, 0.29) is 12.3 Å². The molecule has 1 unspecified atom stereocenters. The van der Waals surface area contributed by atoms with Gasteiger partial charge in [0.15, 0.2) is 0 Å². The Kier molecular flexibility index (Phi) is 2.61. The van der Waals surface area contributed by atoms with Gasteiger partial charge in [0.05, 0.1) is 6.42 Å². The van der Waals surface area contributed by atoms with Crippen LogP contribution in [-0.2, 0) is 11.2 Å². The molecule has 1 aromatic carbocycles. The van der Waals surface area contributed by atoms with Crippen molar-refractivity contribution in [3.8, 4) is 0 Å². The molecule has 2 nitrogen and oxygen atoms in total. The Morgan fingerprint density at radius 1 is 1.40 bits per heavy atom. The van der Waals surface area contributed by atoms with Crippen LogP contribution in [0.4, 0.5) is 14.5 Å². The number of fused-ring (bicyclic) bond motifs is 1. The molecule has 0 saturated heterocycles. The summed E-state index contributed by atoms with van der Waals surface area (Å²) in [7, 11) is 0. The smallest absolute Gasteiger partial charge is 0.258 e. The third-order valence-electron chi connectivity index (χ3n) is 2.29. The number of nitrogens with one attached hydrogen (secondary N) is 1. The molecule has 2 rings (SSSR count). The van der Waals surface area contributed by atoms with Gasteiger partial charge in [-0.15, -0.1) is 11.6 Å². The van der Waals surface area contributed by atoms with Crippen molar-refractivity contribution in [2.45, 2.75) is 18.2 Å². The van der Waals surface area contributed by atoms with Gasteiger partial charge in [-0.25, -0.2) is 8.78 Å². The van der Waals surface area contributed by atoms with Gasteiger partial charge in [0, 0.05) is 5.69 Å². The zero-order chi connectivity index (χ0) is 11.0. The quantitative estimate of drug-likeness (QED) is 0.779. The van der Waals surface area contributed by atoms with Crippen LogP contribution in [0.5, 0.6) is 0 Å². The third-order valence-corrected chi connectivity index (χ3v) is 2.74. The number of rotatable bonds is 2. The minimum atomic E-state index is -2.60. The second kappa shape index (κ2) is 3.77. The van der Waals surface area contributed by atoms with E-state index >= 15 is 0 Å². The maximum absolute atomic E-state index is 12.3. The lowest BCUT2D eigenvalue weighted by Crippen LogP contribution is -2.03. The van der Waals surface area contributed by atoms with Crippen LogP contribution in [-0.4, -0.2) is 12.3 Å². The van der Waals surface area contributed by atoms with Crippen molar-refractivity contribution in [1.82, 2.24) is 0 Å². The Bertz CT molecular complexity index is 408. The van der Waals surface area contributed by atoms with E-state index in [1.807, 2.05) is 0 Å². The number of alkyl halides is 3. The van der Waals surface area contributed by atoms with Crippen LogP contribution in [0.1, 0.15) is 16.5 Å². The molecule has 0 aliphatic carbocycles. The molecule has 0 bridgehead atoms. The number of benzene rings is 1. The second-order valence-electron chi connectivity index (χ2n) is 3.38. The molecular weight excluding hydrogens is 224 g/mol. The Labute approximate surface area is 90.2 Å². The molecule has 1 aliphatic rings. The highest BCUT2D eigenvalue weighted by molar-refractivity contribution is 6.21. The first-order chi connectivity index (χ1) is 7.08. The fourth-order valence-electron chi connectivity index (χ4n) is 1.57. The number of carbonyl (C=O) groups is 1. The Morgan fingerprint density at radius 2 is 2.13 bits per heavy atom. The molecule has 0 fully saturated rings. The lowest BCUT2D eigenvalue weighted by atomic mass is 10.1. The van der Waals surface area contributed by atoms with Crippen LogP contribution < -0.4 is 5.32 Å². The van der Waals surface area contributed by atoms with Gasteiger partial charge in [-0.05, 0) is 17.2 Å². The molecule has 1 atom stereocenters. The highest BCUT2D eigenvalue weighted by Crippen LogP contribution is 2.32. The molecule has 80 valence electrons. The molecule has 0 saturated carbocycles. The first-order valence-corrected chi connectivity index (χ1v) is 4.86. The van der Waals surface area contributed by atoms with Crippen molar-refractivity contribution in [1.29, 1.82) is 0 Å². The number of carbonyl (C=O) groups excluding carboxylic acids is 1. The number of halogens is 3. The topological polar surface area (TPSA) is 29.1 Å². The molecule has 15 heavy (non-hydrogen) atoms. The van der Waals surface area contributed by atoms with E-state index in [1.165, 1.54) is 6.07 Å². The predicted molar refractivity (Wildman–Crippen MR) is 53.4 cm³/mol. The van der Waals surface area contributed by atoms with Crippen molar-refractivity contribution < 1.29 is 13.6 Å². The van der Waals surface area contributed by atoms with Crippen LogP contribution in [0.15, 0.2) is 18.2 Å². The number of amides is 1. The molecule has 1 N–H and O–H groups in total. The molecule has 5 heteroatoms. The second-order valence-corrected chi connectivity index (χ2v) is 3.85.